The molecule has 1 aliphatic rings. The monoisotopic (exact) mass is 496 g/mol. The molecule has 182 valence electrons. The molecule has 10 nitrogen and oxygen atoms in total. The van der Waals surface area contributed by atoms with Crippen LogP contribution in [0, 0.1) is 11.3 Å². The third-order valence-electron chi connectivity index (χ3n) is 6.01. The van der Waals surface area contributed by atoms with E-state index in [0.29, 0.717) is 71.4 Å². The van der Waals surface area contributed by atoms with Gasteiger partial charge >= 0.3 is 0 Å². The molecule has 0 aliphatic carbocycles. The molecule has 3 heterocycles. The Hall–Kier alpha value is -3.65. The molecule has 5 N–H and O–H groups in total. The largest absolute Gasteiger partial charge is 0.383 e. The second-order valence-electron chi connectivity index (χ2n) is 8.18. The number of fused-ring (bicyclic) bond motifs is 3. The number of ether oxygens (including phenoxy) is 2. The molecule has 0 bridgehead atoms. The van der Waals surface area contributed by atoms with Crippen LogP contribution in [0.1, 0.15) is 16.7 Å². The van der Waals surface area contributed by atoms with Crippen LogP contribution in [0.3, 0.4) is 0 Å². The average Bonchev–Trinajstić information content (AvgIpc) is 3.15. The highest BCUT2D eigenvalue weighted by Gasteiger charge is 2.35. The lowest BCUT2D eigenvalue weighted by Gasteiger charge is -2.22. The van der Waals surface area contributed by atoms with Crippen LogP contribution in [0.25, 0.3) is 10.8 Å². The first kappa shape index (κ1) is 24.5. The van der Waals surface area contributed by atoms with Crippen molar-refractivity contribution in [2.24, 2.45) is 0 Å². The van der Waals surface area contributed by atoms with Crippen LogP contribution in [0.5, 0.6) is 0 Å². The van der Waals surface area contributed by atoms with Gasteiger partial charge in [0.1, 0.15) is 23.3 Å². The molecule has 0 unspecified atom stereocenters. The highest BCUT2D eigenvalue weighted by atomic mass is 35.5. The Bertz CT molecular complexity index is 1300. The number of carbonyl (C=O) groups is 1. The summed E-state index contributed by atoms with van der Waals surface area (Å²) in [4.78, 5) is 24.3. The van der Waals surface area contributed by atoms with E-state index in [9.17, 15) is 10.1 Å². The number of amides is 1. The summed E-state index contributed by atoms with van der Waals surface area (Å²) in [5.41, 5.74) is 14.6. The summed E-state index contributed by atoms with van der Waals surface area (Å²) in [6.07, 6.45) is 0.0837. The van der Waals surface area contributed by atoms with Crippen molar-refractivity contribution in [2.75, 3.05) is 61.8 Å². The van der Waals surface area contributed by atoms with Crippen LogP contribution in [0.2, 0.25) is 5.02 Å². The first-order valence-corrected chi connectivity index (χ1v) is 11.4. The van der Waals surface area contributed by atoms with E-state index in [1.54, 1.807) is 31.3 Å². The van der Waals surface area contributed by atoms with Crippen LogP contribution < -0.4 is 26.3 Å². The van der Waals surface area contributed by atoms with E-state index in [1.165, 1.54) is 0 Å². The van der Waals surface area contributed by atoms with Gasteiger partial charge in [-0.15, -0.1) is 0 Å². The number of methoxy groups -OCH3 is 2. The van der Waals surface area contributed by atoms with Gasteiger partial charge in [-0.2, -0.15) is 5.26 Å². The van der Waals surface area contributed by atoms with Crippen molar-refractivity contribution in [1.82, 2.24) is 4.98 Å². The van der Waals surface area contributed by atoms with E-state index in [2.05, 4.69) is 16.0 Å². The first-order chi connectivity index (χ1) is 16.9. The summed E-state index contributed by atoms with van der Waals surface area (Å²) in [5.74, 6) is 1.23. The number of carbonyl (C=O) groups excluding carboxylic acids is 1. The summed E-state index contributed by atoms with van der Waals surface area (Å²) in [6, 6.07) is 9.55. The molecule has 1 amide bonds. The minimum Gasteiger partial charge on any atom is -0.383 e. The number of pyridine rings is 2. The topological polar surface area (TPSA) is 145 Å². The zero-order chi connectivity index (χ0) is 25.1. The predicted molar refractivity (Wildman–Crippen MR) is 134 cm³/mol. The number of nitrogens with one attached hydrogen (secondary N) is 1. The van der Waals surface area contributed by atoms with Gasteiger partial charge < -0.3 is 20.9 Å². The Morgan fingerprint density at radius 1 is 1.17 bits per heavy atom. The van der Waals surface area contributed by atoms with E-state index < -0.39 is 0 Å². The number of hydrogen-bond donors (Lipinski definition) is 2. The number of H-pyrrole nitrogens is 1. The van der Waals surface area contributed by atoms with E-state index >= 15 is 0 Å². The zero-order valence-corrected chi connectivity index (χ0v) is 20.4. The summed E-state index contributed by atoms with van der Waals surface area (Å²) < 4.78 is 10.5. The normalized spacial score (nSPS) is 12.7. The van der Waals surface area contributed by atoms with Crippen molar-refractivity contribution in [3.05, 3.63) is 46.0 Å². The van der Waals surface area contributed by atoms with E-state index in [-0.39, 0.29) is 24.0 Å². The van der Waals surface area contributed by atoms with Crippen LogP contribution in [-0.2, 0) is 27.2 Å². The number of hydrogen-bond acceptors (Lipinski definition) is 8. The molecule has 4 rings (SSSR count). The third kappa shape index (κ3) is 4.66. The molecule has 0 spiro atoms. The molecule has 0 atom stereocenters. The lowest BCUT2D eigenvalue weighted by atomic mass is 10.0. The van der Waals surface area contributed by atoms with Crippen LogP contribution in [-0.4, -0.2) is 51.4 Å². The highest BCUT2D eigenvalue weighted by molar-refractivity contribution is 6.30. The van der Waals surface area contributed by atoms with E-state index in [0.717, 1.165) is 5.56 Å². The summed E-state index contributed by atoms with van der Waals surface area (Å²) in [7, 11) is 3.22. The molecular weight excluding hydrogens is 470 g/mol. The van der Waals surface area contributed by atoms with Crippen molar-refractivity contribution >= 4 is 51.6 Å². The molecule has 11 heteroatoms. The van der Waals surface area contributed by atoms with E-state index in [4.69, 9.17) is 32.5 Å². The third-order valence-corrected chi connectivity index (χ3v) is 6.26. The van der Waals surface area contributed by atoms with Crippen LogP contribution in [0.15, 0.2) is 24.3 Å². The number of nitrogens with zero attached hydrogens (tertiary/aromatic N) is 4. The second kappa shape index (κ2) is 10.3. The SMILES string of the molecule is COCCN(CCOC)c1[nH+]c(N)c2c(N)nc3c(c2c1C#N)CC(=O)N3Cc1ccc(Cl)cc1. The number of aromatic nitrogens is 2. The predicted octanol–water partition coefficient (Wildman–Crippen LogP) is 1.93. The molecule has 35 heavy (non-hydrogen) atoms. The maximum Gasteiger partial charge on any atom is 0.240 e. The molecule has 3 aromatic rings. The quantitative estimate of drug-likeness (QED) is 0.457. The van der Waals surface area contributed by atoms with Gasteiger partial charge in [0, 0.05) is 30.2 Å². The Labute approximate surface area is 208 Å². The summed E-state index contributed by atoms with van der Waals surface area (Å²) in [5, 5.41) is 11.8. The van der Waals surface area contributed by atoms with Crippen molar-refractivity contribution in [1.29, 1.82) is 5.26 Å². The molecule has 0 radical (unpaired) electrons. The average molecular weight is 497 g/mol. The van der Waals surface area contributed by atoms with E-state index in [1.807, 2.05) is 17.0 Å². The van der Waals surface area contributed by atoms with Gasteiger partial charge in [-0.25, -0.2) is 9.97 Å². The molecule has 2 aromatic heterocycles. The lowest BCUT2D eigenvalue weighted by Crippen LogP contribution is -2.36. The van der Waals surface area contributed by atoms with Gasteiger partial charge in [-0.05, 0) is 17.7 Å². The number of nitrogen functional groups attached to an aromatic ring is 2. The fraction of sp³-hybridized carbons (Fsp3) is 0.333. The summed E-state index contributed by atoms with van der Waals surface area (Å²) in [6.45, 7) is 2.17. The Kier molecular flexibility index (Phi) is 7.21. The maximum absolute atomic E-state index is 13.1. The molecule has 0 fully saturated rings. The van der Waals surface area contributed by atoms with Crippen molar-refractivity contribution < 1.29 is 19.3 Å². The fourth-order valence-corrected chi connectivity index (χ4v) is 4.45. The Morgan fingerprint density at radius 3 is 2.43 bits per heavy atom. The minimum absolute atomic E-state index is 0.0837. The van der Waals surface area contributed by atoms with Gasteiger partial charge in [0.2, 0.25) is 17.5 Å². The van der Waals surface area contributed by atoms with Gasteiger partial charge in [0.25, 0.3) is 0 Å². The van der Waals surface area contributed by atoms with Gasteiger partial charge in [-0.1, -0.05) is 23.7 Å². The summed E-state index contributed by atoms with van der Waals surface area (Å²) >= 11 is 6.00. The zero-order valence-electron chi connectivity index (χ0n) is 19.6. The molecular formula is C24H27ClN7O3+. The number of halogens is 1. The first-order valence-electron chi connectivity index (χ1n) is 11.0. The second-order valence-corrected chi connectivity index (χ2v) is 8.62. The van der Waals surface area contributed by atoms with Crippen molar-refractivity contribution in [3.8, 4) is 6.07 Å². The fourth-order valence-electron chi connectivity index (χ4n) is 4.32. The number of nitrogens with two attached hydrogens (primary N) is 2. The minimum atomic E-state index is -0.137. The number of nitriles is 1. The smallest absolute Gasteiger partial charge is 0.240 e. The molecule has 1 aromatic carbocycles. The number of rotatable bonds is 9. The van der Waals surface area contributed by atoms with Gasteiger partial charge in [0.15, 0.2) is 0 Å². The van der Waals surface area contributed by atoms with Crippen LogP contribution >= 0.6 is 11.6 Å². The standard InChI is InChI=1S/C24H26ClN7O3/c1-34-9-7-31(8-10-35-2)23-17(12-26)19-16-11-18(33)32(13-14-3-5-15(25)6-4-14)24(16)30-22(28)20(19)21(27)29-23/h3-6H,7-11,13H2,1-2H3,(H2,27,29)(H2,28,30)/p+1. The van der Waals surface area contributed by atoms with Crippen LogP contribution in [0.4, 0.5) is 23.3 Å². The molecule has 1 aliphatic heterocycles. The Balaban J connectivity index is 1.89. The molecule has 0 saturated carbocycles. The Morgan fingerprint density at radius 2 is 1.83 bits per heavy atom. The maximum atomic E-state index is 13.1. The van der Waals surface area contributed by atoms with Crippen molar-refractivity contribution in [3.63, 3.8) is 0 Å². The highest BCUT2D eigenvalue weighted by Crippen LogP contribution is 2.41. The van der Waals surface area contributed by atoms with Gasteiger partial charge in [-0.3, -0.25) is 14.6 Å². The van der Waals surface area contributed by atoms with Gasteiger partial charge in [0.05, 0.1) is 44.7 Å². The lowest BCUT2D eigenvalue weighted by molar-refractivity contribution is -0.345. The van der Waals surface area contributed by atoms with Crippen molar-refractivity contribution in [2.45, 2.75) is 13.0 Å². The molecule has 0 saturated heterocycles. The number of aromatic amines is 1. The number of benzene rings is 1. The number of anilines is 4.